The molecule has 20 heavy (non-hydrogen) atoms. The fourth-order valence-corrected chi connectivity index (χ4v) is 2.66. The number of unbranched alkanes of at least 4 members (excludes halogenated alkanes) is 1. The molecule has 0 spiro atoms. The van der Waals surface area contributed by atoms with Gasteiger partial charge in [-0.15, -0.1) is 0 Å². The number of rotatable bonds is 6. The minimum Gasteiger partial charge on any atom is -0.341 e. The Morgan fingerprint density at radius 2 is 1.85 bits per heavy atom. The Morgan fingerprint density at radius 3 is 2.60 bits per heavy atom. The average Bonchev–Trinajstić information content (AvgIpc) is 2.47. The second-order valence-electron chi connectivity index (χ2n) is 5.08. The number of carbonyl (C=O) groups excluding carboxylic acids is 1. The van der Waals surface area contributed by atoms with Crippen molar-refractivity contribution < 1.29 is 4.79 Å². The summed E-state index contributed by atoms with van der Waals surface area (Å²) in [6, 6.07) is 14.7. The largest absolute Gasteiger partial charge is 0.341 e. The maximum Gasteiger partial charge on any atom is 0.222 e. The summed E-state index contributed by atoms with van der Waals surface area (Å²) in [5.41, 5.74) is 1.18. The summed E-state index contributed by atoms with van der Waals surface area (Å²) >= 11 is 3.39. The van der Waals surface area contributed by atoms with Gasteiger partial charge in [0.1, 0.15) is 0 Å². The molecule has 0 unspecified atom stereocenters. The van der Waals surface area contributed by atoms with E-state index in [1.807, 2.05) is 24.1 Å². The van der Waals surface area contributed by atoms with Gasteiger partial charge in [-0.3, -0.25) is 4.79 Å². The summed E-state index contributed by atoms with van der Waals surface area (Å²) in [4.78, 5) is 13.8. The van der Waals surface area contributed by atoms with E-state index in [1.54, 1.807) is 0 Å². The number of benzene rings is 2. The highest BCUT2D eigenvalue weighted by Crippen LogP contribution is 2.17. The molecule has 0 saturated heterocycles. The maximum atomic E-state index is 12.0. The SMILES string of the molecule is CN(Cc1ccc2ccccc2c1)C(=O)CCCCBr. The van der Waals surface area contributed by atoms with Crippen LogP contribution in [0.5, 0.6) is 0 Å². The third-order valence-corrected chi connectivity index (χ3v) is 3.99. The van der Waals surface area contributed by atoms with E-state index in [0.717, 1.165) is 18.2 Å². The summed E-state index contributed by atoms with van der Waals surface area (Å²) in [5, 5.41) is 3.43. The van der Waals surface area contributed by atoms with Crippen molar-refractivity contribution in [2.45, 2.75) is 25.8 Å². The van der Waals surface area contributed by atoms with Crippen molar-refractivity contribution in [1.82, 2.24) is 4.90 Å². The Morgan fingerprint density at radius 1 is 1.10 bits per heavy atom. The van der Waals surface area contributed by atoms with E-state index >= 15 is 0 Å². The van der Waals surface area contributed by atoms with Crippen molar-refractivity contribution in [3.63, 3.8) is 0 Å². The van der Waals surface area contributed by atoms with Crippen LogP contribution in [-0.4, -0.2) is 23.2 Å². The van der Waals surface area contributed by atoms with Gasteiger partial charge in [-0.2, -0.15) is 0 Å². The zero-order valence-electron chi connectivity index (χ0n) is 11.8. The van der Waals surface area contributed by atoms with E-state index < -0.39 is 0 Å². The van der Waals surface area contributed by atoms with Gasteiger partial charge in [-0.1, -0.05) is 52.3 Å². The van der Waals surface area contributed by atoms with E-state index in [-0.39, 0.29) is 5.91 Å². The highest BCUT2D eigenvalue weighted by Gasteiger charge is 2.09. The molecule has 2 aromatic rings. The molecular formula is C17H20BrNO. The normalized spacial score (nSPS) is 10.7. The van der Waals surface area contributed by atoms with E-state index in [4.69, 9.17) is 0 Å². The van der Waals surface area contributed by atoms with Gasteiger partial charge in [0.25, 0.3) is 0 Å². The van der Waals surface area contributed by atoms with Gasteiger partial charge in [0.05, 0.1) is 0 Å². The quantitative estimate of drug-likeness (QED) is 0.568. The van der Waals surface area contributed by atoms with Gasteiger partial charge >= 0.3 is 0 Å². The fraction of sp³-hybridized carbons (Fsp3) is 0.353. The molecule has 0 aromatic heterocycles. The third-order valence-electron chi connectivity index (χ3n) is 3.43. The number of hydrogen-bond acceptors (Lipinski definition) is 1. The maximum absolute atomic E-state index is 12.0. The van der Waals surface area contributed by atoms with E-state index in [2.05, 4.69) is 46.3 Å². The average molecular weight is 334 g/mol. The Balaban J connectivity index is 1.98. The van der Waals surface area contributed by atoms with Crippen LogP contribution in [0.15, 0.2) is 42.5 Å². The number of hydrogen-bond donors (Lipinski definition) is 0. The van der Waals surface area contributed by atoms with Gasteiger partial charge in [0, 0.05) is 25.3 Å². The molecule has 0 radical (unpaired) electrons. The number of nitrogens with zero attached hydrogens (tertiary/aromatic N) is 1. The molecule has 2 nitrogen and oxygen atoms in total. The predicted molar refractivity (Wildman–Crippen MR) is 88.1 cm³/mol. The van der Waals surface area contributed by atoms with Crippen LogP contribution in [0.25, 0.3) is 10.8 Å². The first kappa shape index (κ1) is 15.0. The van der Waals surface area contributed by atoms with Crippen LogP contribution in [0.1, 0.15) is 24.8 Å². The standard InChI is InChI=1S/C17H20BrNO/c1-19(17(20)8-4-5-11-18)13-14-9-10-15-6-2-3-7-16(15)12-14/h2-3,6-7,9-10,12H,4-5,8,11,13H2,1H3. The van der Waals surface area contributed by atoms with Crippen LogP contribution in [-0.2, 0) is 11.3 Å². The Kier molecular flexibility index (Phi) is 5.60. The van der Waals surface area contributed by atoms with Crippen molar-refractivity contribution in [3.8, 4) is 0 Å². The van der Waals surface area contributed by atoms with Gasteiger partial charge in [0.2, 0.25) is 5.91 Å². The molecular weight excluding hydrogens is 314 g/mol. The van der Waals surface area contributed by atoms with Crippen molar-refractivity contribution in [3.05, 3.63) is 48.0 Å². The molecule has 0 aliphatic rings. The van der Waals surface area contributed by atoms with Crippen LogP contribution in [0.4, 0.5) is 0 Å². The molecule has 106 valence electrons. The molecule has 0 aliphatic carbocycles. The lowest BCUT2D eigenvalue weighted by molar-refractivity contribution is -0.130. The molecule has 2 rings (SSSR count). The molecule has 0 bridgehead atoms. The molecule has 1 amide bonds. The number of amides is 1. The number of halogens is 1. The van der Waals surface area contributed by atoms with Gasteiger partial charge in [-0.05, 0) is 35.2 Å². The molecule has 0 N–H and O–H groups in total. The minimum atomic E-state index is 0.221. The zero-order valence-corrected chi connectivity index (χ0v) is 13.4. The Labute approximate surface area is 128 Å². The lowest BCUT2D eigenvalue weighted by atomic mass is 10.1. The lowest BCUT2D eigenvalue weighted by Crippen LogP contribution is -2.25. The monoisotopic (exact) mass is 333 g/mol. The van der Waals surface area contributed by atoms with Crippen molar-refractivity contribution in [2.24, 2.45) is 0 Å². The first-order valence-corrected chi connectivity index (χ1v) is 8.10. The van der Waals surface area contributed by atoms with Crippen LogP contribution >= 0.6 is 15.9 Å². The predicted octanol–water partition coefficient (Wildman–Crippen LogP) is 4.36. The summed E-state index contributed by atoms with van der Waals surface area (Å²) in [6.45, 7) is 0.679. The molecule has 0 aliphatic heterocycles. The summed E-state index contributed by atoms with van der Waals surface area (Å²) < 4.78 is 0. The zero-order chi connectivity index (χ0) is 14.4. The van der Waals surface area contributed by atoms with E-state index in [9.17, 15) is 4.79 Å². The van der Waals surface area contributed by atoms with Gasteiger partial charge < -0.3 is 4.90 Å². The Bertz CT molecular complexity index is 582. The summed E-state index contributed by atoms with van der Waals surface area (Å²) in [7, 11) is 1.88. The van der Waals surface area contributed by atoms with Crippen LogP contribution in [0.2, 0.25) is 0 Å². The molecule has 2 aromatic carbocycles. The number of fused-ring (bicyclic) bond motifs is 1. The topological polar surface area (TPSA) is 20.3 Å². The van der Waals surface area contributed by atoms with Crippen LogP contribution in [0, 0.1) is 0 Å². The fourth-order valence-electron chi connectivity index (χ4n) is 2.26. The molecule has 0 heterocycles. The Hall–Kier alpha value is -1.35. The smallest absolute Gasteiger partial charge is 0.222 e. The second kappa shape index (κ2) is 7.44. The summed E-state index contributed by atoms with van der Waals surface area (Å²) in [6.07, 6.45) is 2.64. The highest BCUT2D eigenvalue weighted by atomic mass is 79.9. The van der Waals surface area contributed by atoms with Gasteiger partial charge in [-0.25, -0.2) is 0 Å². The molecule has 0 fully saturated rings. The first-order chi connectivity index (χ1) is 9.70. The minimum absolute atomic E-state index is 0.221. The number of alkyl halides is 1. The van der Waals surface area contributed by atoms with Crippen LogP contribution < -0.4 is 0 Å². The molecule has 3 heteroatoms. The van der Waals surface area contributed by atoms with Crippen molar-refractivity contribution >= 4 is 32.6 Å². The van der Waals surface area contributed by atoms with Crippen LogP contribution in [0.3, 0.4) is 0 Å². The lowest BCUT2D eigenvalue weighted by Gasteiger charge is -2.17. The van der Waals surface area contributed by atoms with Crippen molar-refractivity contribution in [1.29, 1.82) is 0 Å². The highest BCUT2D eigenvalue weighted by molar-refractivity contribution is 9.09. The third kappa shape index (κ3) is 4.07. The molecule has 0 atom stereocenters. The van der Waals surface area contributed by atoms with E-state index in [1.165, 1.54) is 16.3 Å². The molecule has 0 saturated carbocycles. The van der Waals surface area contributed by atoms with Gasteiger partial charge in [0.15, 0.2) is 0 Å². The summed E-state index contributed by atoms with van der Waals surface area (Å²) in [5.74, 6) is 0.221. The second-order valence-corrected chi connectivity index (χ2v) is 5.87. The number of carbonyl (C=O) groups is 1. The van der Waals surface area contributed by atoms with Crippen molar-refractivity contribution in [2.75, 3.05) is 12.4 Å². The first-order valence-electron chi connectivity index (χ1n) is 6.98. The van der Waals surface area contributed by atoms with E-state index in [0.29, 0.717) is 13.0 Å².